The maximum absolute atomic E-state index is 9.23. The zero-order valence-corrected chi connectivity index (χ0v) is 6.79. The fourth-order valence-corrected chi connectivity index (χ4v) is 1.29. The molecule has 1 aliphatic heterocycles. The standard InChI is InChI=1S/C7H14O5/c1-3-5(9)7(11)6(10)4(2-8)12-3/h3-11H,2H2,1H3/t3-,4+,5+,6+,7-/m0/s1. The SMILES string of the molecule is C[C@@H]1O[C@H](CO)[C@@H](O)[C@@H](O)[C@@H]1O. The van der Waals surface area contributed by atoms with Crippen molar-refractivity contribution in [2.24, 2.45) is 0 Å². The zero-order chi connectivity index (χ0) is 9.30. The number of ether oxygens (including phenoxy) is 1. The second-order valence-electron chi connectivity index (χ2n) is 3.03. The van der Waals surface area contributed by atoms with Gasteiger partial charge in [0.05, 0.1) is 12.7 Å². The Morgan fingerprint density at radius 3 is 2.17 bits per heavy atom. The molecule has 0 spiro atoms. The summed E-state index contributed by atoms with van der Waals surface area (Å²) in [5.41, 5.74) is 0. The summed E-state index contributed by atoms with van der Waals surface area (Å²) in [5.74, 6) is 0. The molecule has 4 N–H and O–H groups in total. The molecule has 0 aromatic rings. The van der Waals surface area contributed by atoms with Crippen molar-refractivity contribution in [3.63, 3.8) is 0 Å². The van der Waals surface area contributed by atoms with Crippen molar-refractivity contribution in [3.8, 4) is 0 Å². The van der Waals surface area contributed by atoms with Gasteiger partial charge in [-0.05, 0) is 6.92 Å². The van der Waals surface area contributed by atoms with Crippen molar-refractivity contribution in [3.05, 3.63) is 0 Å². The van der Waals surface area contributed by atoms with E-state index in [1.165, 1.54) is 0 Å². The fourth-order valence-electron chi connectivity index (χ4n) is 1.29. The first-order chi connectivity index (χ1) is 5.57. The maximum atomic E-state index is 9.23. The molecule has 5 atom stereocenters. The van der Waals surface area contributed by atoms with Gasteiger partial charge in [-0.25, -0.2) is 0 Å². The average molecular weight is 178 g/mol. The lowest BCUT2D eigenvalue weighted by atomic mass is 9.96. The van der Waals surface area contributed by atoms with E-state index < -0.39 is 30.5 Å². The summed E-state index contributed by atoms with van der Waals surface area (Å²) >= 11 is 0. The fraction of sp³-hybridized carbons (Fsp3) is 1.00. The van der Waals surface area contributed by atoms with Crippen molar-refractivity contribution in [1.29, 1.82) is 0 Å². The Hall–Kier alpha value is -0.200. The van der Waals surface area contributed by atoms with E-state index >= 15 is 0 Å². The molecule has 1 rings (SSSR count). The summed E-state index contributed by atoms with van der Waals surface area (Å²) in [5, 5.41) is 36.4. The van der Waals surface area contributed by atoms with Crippen molar-refractivity contribution >= 4 is 0 Å². The van der Waals surface area contributed by atoms with Crippen LogP contribution in [0.4, 0.5) is 0 Å². The second-order valence-corrected chi connectivity index (χ2v) is 3.03. The lowest BCUT2D eigenvalue weighted by Gasteiger charge is -2.38. The molecule has 1 saturated heterocycles. The Morgan fingerprint density at radius 2 is 1.67 bits per heavy atom. The van der Waals surface area contributed by atoms with Crippen molar-refractivity contribution in [2.75, 3.05) is 6.61 Å². The Morgan fingerprint density at radius 1 is 1.08 bits per heavy atom. The molecular weight excluding hydrogens is 164 g/mol. The molecule has 5 heteroatoms. The molecule has 1 fully saturated rings. The molecule has 0 saturated carbocycles. The highest BCUT2D eigenvalue weighted by atomic mass is 16.5. The van der Waals surface area contributed by atoms with E-state index in [1.54, 1.807) is 6.92 Å². The average Bonchev–Trinajstić information content (AvgIpc) is 2.08. The summed E-state index contributed by atoms with van der Waals surface area (Å²) in [7, 11) is 0. The lowest BCUT2D eigenvalue weighted by Crippen LogP contribution is -2.57. The van der Waals surface area contributed by atoms with Crippen LogP contribution in [0, 0.1) is 0 Å². The van der Waals surface area contributed by atoms with Crippen LogP contribution >= 0.6 is 0 Å². The molecule has 0 aromatic carbocycles. The second kappa shape index (κ2) is 3.68. The summed E-state index contributed by atoms with van der Waals surface area (Å²) < 4.78 is 5.02. The van der Waals surface area contributed by atoms with E-state index in [1.807, 2.05) is 0 Å². The monoisotopic (exact) mass is 178 g/mol. The molecule has 12 heavy (non-hydrogen) atoms. The molecule has 0 radical (unpaired) electrons. The van der Waals surface area contributed by atoms with Gasteiger partial charge in [-0.1, -0.05) is 0 Å². The van der Waals surface area contributed by atoms with E-state index in [4.69, 9.17) is 9.84 Å². The first kappa shape index (κ1) is 9.88. The summed E-state index contributed by atoms with van der Waals surface area (Å²) in [4.78, 5) is 0. The molecule has 0 amide bonds. The normalized spacial score (nSPS) is 49.2. The summed E-state index contributed by atoms with van der Waals surface area (Å²) in [6.45, 7) is 1.21. The van der Waals surface area contributed by atoms with Crippen molar-refractivity contribution < 1.29 is 25.2 Å². The Labute approximate surface area is 70.2 Å². The van der Waals surface area contributed by atoms with Crippen molar-refractivity contribution in [1.82, 2.24) is 0 Å². The van der Waals surface area contributed by atoms with Crippen LogP contribution in [0.25, 0.3) is 0 Å². The minimum absolute atomic E-state index is 0.366. The van der Waals surface area contributed by atoms with Gasteiger partial charge < -0.3 is 25.2 Å². The minimum atomic E-state index is -1.24. The predicted molar refractivity (Wildman–Crippen MR) is 39.4 cm³/mol. The van der Waals surface area contributed by atoms with Crippen LogP contribution in [0.1, 0.15) is 6.92 Å². The third-order valence-corrected chi connectivity index (χ3v) is 2.13. The van der Waals surface area contributed by atoms with Crippen LogP contribution in [0.3, 0.4) is 0 Å². The highest BCUT2D eigenvalue weighted by Gasteiger charge is 2.41. The Balaban J connectivity index is 2.63. The molecule has 0 aliphatic carbocycles. The Bertz CT molecular complexity index is 146. The molecule has 1 heterocycles. The quantitative estimate of drug-likeness (QED) is 0.367. The third kappa shape index (κ3) is 1.60. The van der Waals surface area contributed by atoms with Crippen LogP contribution in [0.2, 0.25) is 0 Å². The van der Waals surface area contributed by atoms with Crippen LogP contribution < -0.4 is 0 Å². The number of rotatable bonds is 1. The van der Waals surface area contributed by atoms with Gasteiger partial charge in [0.25, 0.3) is 0 Å². The number of hydrogen-bond donors (Lipinski definition) is 4. The van der Waals surface area contributed by atoms with E-state index in [0.717, 1.165) is 0 Å². The zero-order valence-electron chi connectivity index (χ0n) is 6.79. The van der Waals surface area contributed by atoms with Crippen LogP contribution in [0.15, 0.2) is 0 Å². The van der Waals surface area contributed by atoms with Gasteiger partial charge in [-0.2, -0.15) is 0 Å². The predicted octanol–water partition coefficient (Wildman–Crippen LogP) is -2.15. The Kier molecular flexibility index (Phi) is 3.03. The van der Waals surface area contributed by atoms with E-state index in [0.29, 0.717) is 0 Å². The molecule has 0 unspecified atom stereocenters. The lowest BCUT2D eigenvalue weighted by molar-refractivity contribution is -0.224. The topological polar surface area (TPSA) is 90.2 Å². The molecule has 1 aliphatic rings. The minimum Gasteiger partial charge on any atom is -0.394 e. The smallest absolute Gasteiger partial charge is 0.111 e. The molecule has 0 bridgehead atoms. The number of hydrogen-bond acceptors (Lipinski definition) is 5. The summed E-state index contributed by atoms with van der Waals surface area (Å²) in [6.07, 6.45) is -4.94. The van der Waals surface area contributed by atoms with Gasteiger partial charge in [0.2, 0.25) is 0 Å². The number of aliphatic hydroxyl groups is 4. The maximum Gasteiger partial charge on any atom is 0.111 e. The van der Waals surface area contributed by atoms with Crippen LogP contribution in [0.5, 0.6) is 0 Å². The highest BCUT2D eigenvalue weighted by molar-refractivity contribution is 4.89. The molecule has 0 aromatic heterocycles. The number of aliphatic hydroxyl groups excluding tert-OH is 4. The highest BCUT2D eigenvalue weighted by Crippen LogP contribution is 2.20. The molecule has 72 valence electrons. The van der Waals surface area contributed by atoms with Crippen molar-refractivity contribution in [2.45, 2.75) is 37.4 Å². The van der Waals surface area contributed by atoms with Gasteiger partial charge in [0.1, 0.15) is 24.4 Å². The summed E-state index contributed by atoms with van der Waals surface area (Å²) in [6, 6.07) is 0. The van der Waals surface area contributed by atoms with Gasteiger partial charge in [-0.15, -0.1) is 0 Å². The van der Waals surface area contributed by atoms with Gasteiger partial charge in [-0.3, -0.25) is 0 Å². The molecule has 5 nitrogen and oxygen atoms in total. The van der Waals surface area contributed by atoms with Crippen LogP contribution in [-0.2, 0) is 4.74 Å². The largest absolute Gasteiger partial charge is 0.394 e. The first-order valence-electron chi connectivity index (χ1n) is 3.88. The van der Waals surface area contributed by atoms with E-state index in [-0.39, 0.29) is 6.61 Å². The first-order valence-corrected chi connectivity index (χ1v) is 3.88. The van der Waals surface area contributed by atoms with E-state index in [9.17, 15) is 15.3 Å². The van der Waals surface area contributed by atoms with Gasteiger partial charge in [0, 0.05) is 0 Å². The molecular formula is C7H14O5. The van der Waals surface area contributed by atoms with Crippen LogP contribution in [-0.4, -0.2) is 57.6 Å². The van der Waals surface area contributed by atoms with Gasteiger partial charge >= 0.3 is 0 Å². The van der Waals surface area contributed by atoms with Gasteiger partial charge in [0.15, 0.2) is 0 Å². The van der Waals surface area contributed by atoms with E-state index in [2.05, 4.69) is 0 Å². The third-order valence-electron chi connectivity index (χ3n) is 2.13.